The van der Waals surface area contributed by atoms with Gasteiger partial charge in [0, 0.05) is 18.0 Å². The Labute approximate surface area is 210 Å². The van der Waals surface area contributed by atoms with E-state index in [2.05, 4.69) is 10.6 Å². The van der Waals surface area contributed by atoms with E-state index in [1.807, 2.05) is 54.6 Å². The minimum atomic E-state index is -1.86. The molecule has 36 heavy (non-hydrogen) atoms. The Morgan fingerprint density at radius 2 is 1.44 bits per heavy atom. The molecule has 0 spiro atoms. The first-order valence-corrected chi connectivity index (χ1v) is 12.1. The summed E-state index contributed by atoms with van der Waals surface area (Å²) in [6.07, 6.45) is 0.967. The van der Waals surface area contributed by atoms with Gasteiger partial charge in [0.2, 0.25) is 5.54 Å². The number of hydrogen-bond donors (Lipinski definition) is 3. The summed E-state index contributed by atoms with van der Waals surface area (Å²) in [7, 11) is 1.45. The molecule has 0 aromatic heterocycles. The zero-order valence-corrected chi connectivity index (χ0v) is 20.2. The quantitative estimate of drug-likeness (QED) is 0.215. The highest BCUT2D eigenvalue weighted by Gasteiger charge is 2.46. The number of rotatable bonds is 11. The highest BCUT2D eigenvalue weighted by atomic mass is 16.5. The Morgan fingerprint density at radius 1 is 0.861 bits per heavy atom. The van der Waals surface area contributed by atoms with Gasteiger partial charge in [-0.1, -0.05) is 66.7 Å². The molecular weight excluding hydrogens is 456 g/mol. The molecule has 3 N–H and O–H groups in total. The van der Waals surface area contributed by atoms with Gasteiger partial charge in [-0.05, 0) is 60.7 Å². The van der Waals surface area contributed by atoms with Crippen molar-refractivity contribution < 1.29 is 24.2 Å². The summed E-state index contributed by atoms with van der Waals surface area (Å²) < 4.78 is 5.66. The van der Waals surface area contributed by atoms with E-state index >= 15 is 0 Å². The van der Waals surface area contributed by atoms with E-state index in [1.165, 1.54) is 7.05 Å². The predicted molar refractivity (Wildman–Crippen MR) is 137 cm³/mol. The van der Waals surface area contributed by atoms with Crippen LogP contribution in [0.4, 0.5) is 0 Å². The van der Waals surface area contributed by atoms with Gasteiger partial charge >= 0.3 is 11.9 Å². The molecule has 0 saturated carbocycles. The van der Waals surface area contributed by atoms with E-state index < -0.39 is 17.5 Å². The Morgan fingerprint density at radius 3 is 2.03 bits per heavy atom. The maximum Gasteiger partial charge on any atom is 0.338 e. The largest absolute Gasteiger partial charge is 0.479 e. The summed E-state index contributed by atoms with van der Waals surface area (Å²) in [5.41, 5.74) is 3.03. The van der Waals surface area contributed by atoms with Crippen molar-refractivity contribution in [2.75, 3.05) is 20.2 Å². The van der Waals surface area contributed by atoms with Gasteiger partial charge in [-0.25, -0.2) is 9.59 Å². The lowest BCUT2D eigenvalue weighted by Crippen LogP contribution is -2.57. The van der Waals surface area contributed by atoms with Gasteiger partial charge in [0.05, 0.1) is 0 Å². The second-order valence-corrected chi connectivity index (χ2v) is 8.87. The SMILES string of the molecule is CNC(CCCCNC(=O)c1ccccc1)(C(=O)O)C(=O)OCC1c2ccccc2-c2ccccc21. The summed E-state index contributed by atoms with van der Waals surface area (Å²) in [5.74, 6) is -2.44. The van der Waals surface area contributed by atoms with Crippen LogP contribution in [0.25, 0.3) is 11.1 Å². The molecule has 7 heteroatoms. The molecule has 1 unspecified atom stereocenters. The van der Waals surface area contributed by atoms with Gasteiger partial charge in [0.15, 0.2) is 0 Å². The van der Waals surface area contributed by atoms with Gasteiger partial charge < -0.3 is 15.2 Å². The maximum atomic E-state index is 13.1. The number of nitrogens with one attached hydrogen (secondary N) is 2. The first kappa shape index (κ1) is 25.1. The third kappa shape index (κ3) is 5.02. The molecule has 3 aromatic carbocycles. The van der Waals surface area contributed by atoms with Crippen molar-refractivity contribution in [2.24, 2.45) is 0 Å². The van der Waals surface area contributed by atoms with Gasteiger partial charge in [0.25, 0.3) is 5.91 Å². The molecular formula is C29H30N2O5. The molecule has 0 heterocycles. The Balaban J connectivity index is 1.36. The molecule has 0 fully saturated rings. The third-order valence-electron chi connectivity index (χ3n) is 6.78. The van der Waals surface area contributed by atoms with Crippen LogP contribution in [0.5, 0.6) is 0 Å². The number of carboxylic acids is 1. The normalized spacial score (nSPS) is 13.8. The lowest BCUT2D eigenvalue weighted by atomic mass is 9.92. The molecule has 186 valence electrons. The number of carboxylic acid groups (broad SMARTS) is 1. The van der Waals surface area contributed by atoms with Crippen LogP contribution in [0.1, 0.15) is 46.7 Å². The van der Waals surface area contributed by atoms with Crippen molar-refractivity contribution in [3.05, 3.63) is 95.6 Å². The van der Waals surface area contributed by atoms with Crippen LogP contribution in [0.3, 0.4) is 0 Å². The van der Waals surface area contributed by atoms with E-state index in [1.54, 1.807) is 24.3 Å². The maximum absolute atomic E-state index is 13.1. The number of amides is 1. The van der Waals surface area contributed by atoms with Crippen LogP contribution in [0.2, 0.25) is 0 Å². The fraction of sp³-hybridized carbons (Fsp3) is 0.276. The average Bonchev–Trinajstić information content (AvgIpc) is 3.23. The lowest BCUT2D eigenvalue weighted by molar-refractivity contribution is -0.163. The number of carbonyl (C=O) groups excluding carboxylic acids is 2. The van der Waals surface area contributed by atoms with E-state index in [4.69, 9.17) is 4.74 Å². The fourth-order valence-electron chi connectivity index (χ4n) is 4.76. The number of carbonyl (C=O) groups is 3. The second kappa shape index (κ2) is 11.2. The van der Waals surface area contributed by atoms with E-state index in [0.717, 1.165) is 22.3 Å². The average molecular weight is 487 g/mol. The Bertz CT molecular complexity index is 1200. The highest BCUT2D eigenvalue weighted by molar-refractivity contribution is 6.04. The van der Waals surface area contributed by atoms with Crippen LogP contribution in [0, 0.1) is 0 Å². The number of unbranched alkanes of at least 4 members (excludes halogenated alkanes) is 1. The molecule has 3 aromatic rings. The second-order valence-electron chi connectivity index (χ2n) is 8.87. The van der Waals surface area contributed by atoms with Crippen molar-refractivity contribution in [2.45, 2.75) is 30.7 Å². The molecule has 4 rings (SSSR count). The summed E-state index contributed by atoms with van der Waals surface area (Å²) in [4.78, 5) is 37.5. The van der Waals surface area contributed by atoms with Gasteiger partial charge in [0.1, 0.15) is 6.61 Å². The molecule has 0 bridgehead atoms. The minimum Gasteiger partial charge on any atom is -0.479 e. The van der Waals surface area contributed by atoms with Crippen molar-refractivity contribution >= 4 is 17.8 Å². The van der Waals surface area contributed by atoms with Crippen LogP contribution < -0.4 is 10.6 Å². The molecule has 0 saturated heterocycles. The summed E-state index contributed by atoms with van der Waals surface area (Å²) >= 11 is 0. The number of ether oxygens (including phenoxy) is 1. The Hall–Kier alpha value is -3.97. The predicted octanol–water partition coefficient (Wildman–Crippen LogP) is 3.99. The zero-order chi connectivity index (χ0) is 25.5. The van der Waals surface area contributed by atoms with Crippen LogP contribution in [-0.2, 0) is 14.3 Å². The highest BCUT2D eigenvalue weighted by Crippen LogP contribution is 2.44. The van der Waals surface area contributed by atoms with Gasteiger partial charge in [-0.2, -0.15) is 0 Å². The monoisotopic (exact) mass is 486 g/mol. The zero-order valence-electron chi connectivity index (χ0n) is 20.2. The fourth-order valence-corrected chi connectivity index (χ4v) is 4.76. The van der Waals surface area contributed by atoms with Crippen molar-refractivity contribution in [3.8, 4) is 11.1 Å². The number of hydrogen-bond acceptors (Lipinski definition) is 5. The van der Waals surface area contributed by atoms with Gasteiger partial charge in [-0.15, -0.1) is 0 Å². The molecule has 1 aliphatic rings. The van der Waals surface area contributed by atoms with E-state index in [-0.39, 0.29) is 24.9 Å². The topological polar surface area (TPSA) is 105 Å². The smallest absolute Gasteiger partial charge is 0.338 e. The van der Waals surface area contributed by atoms with E-state index in [9.17, 15) is 19.5 Å². The molecule has 0 aliphatic heterocycles. The molecule has 1 atom stereocenters. The van der Waals surface area contributed by atoms with Gasteiger partial charge in [-0.3, -0.25) is 10.1 Å². The number of benzene rings is 3. The summed E-state index contributed by atoms with van der Waals surface area (Å²) in [6.45, 7) is 0.425. The number of likely N-dealkylation sites (N-methyl/N-ethyl adjacent to an activating group) is 1. The molecule has 1 amide bonds. The van der Waals surface area contributed by atoms with Crippen molar-refractivity contribution in [3.63, 3.8) is 0 Å². The minimum absolute atomic E-state index is 0.0384. The summed E-state index contributed by atoms with van der Waals surface area (Å²) in [6, 6.07) is 24.8. The number of aliphatic carboxylic acids is 1. The lowest BCUT2D eigenvalue weighted by Gasteiger charge is -2.27. The van der Waals surface area contributed by atoms with E-state index in [0.29, 0.717) is 24.9 Å². The third-order valence-corrected chi connectivity index (χ3v) is 6.78. The van der Waals surface area contributed by atoms with Crippen LogP contribution >= 0.6 is 0 Å². The van der Waals surface area contributed by atoms with Crippen molar-refractivity contribution in [1.82, 2.24) is 10.6 Å². The molecule has 0 radical (unpaired) electrons. The number of esters is 1. The molecule has 7 nitrogen and oxygen atoms in total. The first-order valence-electron chi connectivity index (χ1n) is 12.1. The molecule has 1 aliphatic carbocycles. The number of fused-ring (bicyclic) bond motifs is 3. The summed E-state index contributed by atoms with van der Waals surface area (Å²) in [5, 5.41) is 15.5. The van der Waals surface area contributed by atoms with Crippen LogP contribution in [-0.4, -0.2) is 48.7 Å². The first-order chi connectivity index (χ1) is 17.5. The van der Waals surface area contributed by atoms with Crippen molar-refractivity contribution in [1.29, 1.82) is 0 Å². The standard InChI is InChI=1S/C29H30N2O5/c1-30-29(27(33)34,17-9-10-18-31-26(32)20-11-3-2-4-12-20)28(35)36-19-25-23-15-7-5-13-21(23)22-14-6-8-16-24(22)25/h2-8,11-16,25,30H,9-10,17-19H2,1H3,(H,31,32)(H,33,34). The Kier molecular flexibility index (Phi) is 7.80. The van der Waals surface area contributed by atoms with Crippen LogP contribution in [0.15, 0.2) is 78.9 Å².